The van der Waals surface area contributed by atoms with E-state index in [2.05, 4.69) is 49.3 Å². The average molecular weight is 592 g/mol. The van der Waals surface area contributed by atoms with E-state index in [-0.39, 0.29) is 17.4 Å². The van der Waals surface area contributed by atoms with Crippen LogP contribution < -0.4 is 10.6 Å². The van der Waals surface area contributed by atoms with Crippen LogP contribution in [-0.2, 0) is 12.0 Å². The number of nitrogens with one attached hydrogen (secondary N) is 2. The Morgan fingerprint density at radius 3 is 2.27 bits per heavy atom. The number of nitrogens with zero attached hydrogens (tertiary/aromatic N) is 5. The predicted octanol–water partition coefficient (Wildman–Crippen LogP) is 5.66. The maximum atomic E-state index is 12.9. The number of hydrogen-bond acceptors (Lipinski definition) is 6. The van der Waals surface area contributed by atoms with E-state index in [1.807, 2.05) is 86.6 Å². The van der Waals surface area contributed by atoms with Crippen LogP contribution in [0.3, 0.4) is 0 Å². The molecule has 3 amide bonds. The van der Waals surface area contributed by atoms with E-state index in [0.29, 0.717) is 23.7 Å². The lowest BCUT2D eigenvalue weighted by Gasteiger charge is -2.32. The van der Waals surface area contributed by atoms with Gasteiger partial charge < -0.3 is 19.6 Å². The van der Waals surface area contributed by atoms with Crippen molar-refractivity contribution < 1.29 is 14.1 Å². The monoisotopic (exact) mass is 591 g/mol. The molecule has 0 atom stereocenters. The molecule has 10 nitrogen and oxygen atoms in total. The first-order valence-corrected chi connectivity index (χ1v) is 14.8. The standard InChI is InChI=1S/C34H37N7O3/c1-34(2,3)29-20-30(38-44-29)37-33(43)36-21-23-5-7-25(8-6-23)28-22-35-31-19-27(13-14-41(28)31)24-9-11-26(12-10-24)32(42)40-17-15-39(4)16-18-40/h5-14,19-20,22H,15-18,21H2,1-4H3,(H2,36,37,38,43). The molecule has 2 aromatic carbocycles. The summed E-state index contributed by atoms with van der Waals surface area (Å²) in [6, 6.07) is 21.3. The Bertz CT molecular complexity index is 1770. The maximum Gasteiger partial charge on any atom is 0.320 e. The molecule has 1 saturated heterocycles. The van der Waals surface area contributed by atoms with Crippen molar-refractivity contribution in [1.29, 1.82) is 0 Å². The summed E-state index contributed by atoms with van der Waals surface area (Å²) in [6.07, 6.45) is 3.88. The van der Waals surface area contributed by atoms with E-state index < -0.39 is 0 Å². The second-order valence-electron chi connectivity index (χ2n) is 12.3. The topological polar surface area (TPSA) is 108 Å². The molecule has 226 valence electrons. The molecular weight excluding hydrogens is 554 g/mol. The number of amides is 3. The number of pyridine rings is 1. The Morgan fingerprint density at radius 2 is 1.59 bits per heavy atom. The number of likely N-dealkylation sites (N-methyl/N-ethyl adjacent to an activating group) is 1. The lowest BCUT2D eigenvalue weighted by molar-refractivity contribution is 0.0664. The van der Waals surface area contributed by atoms with Gasteiger partial charge in [-0.3, -0.25) is 14.5 Å². The summed E-state index contributed by atoms with van der Waals surface area (Å²) < 4.78 is 7.38. The molecule has 0 bridgehead atoms. The van der Waals surface area contributed by atoms with Crippen LogP contribution >= 0.6 is 0 Å². The Balaban J connectivity index is 1.08. The zero-order chi connectivity index (χ0) is 30.8. The summed E-state index contributed by atoms with van der Waals surface area (Å²) in [7, 11) is 2.08. The number of imidazole rings is 1. The molecule has 4 heterocycles. The highest BCUT2D eigenvalue weighted by molar-refractivity contribution is 5.95. The molecule has 1 fully saturated rings. The zero-order valence-electron chi connectivity index (χ0n) is 25.5. The van der Waals surface area contributed by atoms with E-state index >= 15 is 0 Å². The van der Waals surface area contributed by atoms with Crippen LogP contribution in [0.1, 0.15) is 42.5 Å². The quantitative estimate of drug-likeness (QED) is 0.264. The van der Waals surface area contributed by atoms with Crippen LogP contribution in [0.5, 0.6) is 0 Å². The van der Waals surface area contributed by atoms with Gasteiger partial charge in [-0.05, 0) is 48.0 Å². The van der Waals surface area contributed by atoms with Crippen LogP contribution in [0, 0.1) is 0 Å². The van der Waals surface area contributed by atoms with E-state index in [9.17, 15) is 9.59 Å². The average Bonchev–Trinajstić information content (AvgIpc) is 3.68. The van der Waals surface area contributed by atoms with Gasteiger partial charge in [0.05, 0.1) is 11.9 Å². The van der Waals surface area contributed by atoms with Gasteiger partial charge in [0.15, 0.2) is 5.82 Å². The number of fused-ring (bicyclic) bond motifs is 1. The summed E-state index contributed by atoms with van der Waals surface area (Å²) in [5.74, 6) is 1.17. The van der Waals surface area contributed by atoms with Crippen LogP contribution in [0.4, 0.5) is 10.6 Å². The molecule has 3 aromatic heterocycles. The van der Waals surface area contributed by atoms with Crippen molar-refractivity contribution >= 4 is 23.4 Å². The number of carbonyl (C=O) groups excluding carboxylic acids is 2. The number of hydrogen-bond donors (Lipinski definition) is 2. The largest absolute Gasteiger partial charge is 0.359 e. The summed E-state index contributed by atoms with van der Waals surface area (Å²) in [5, 5.41) is 9.49. The van der Waals surface area contributed by atoms with Gasteiger partial charge in [0.1, 0.15) is 11.4 Å². The van der Waals surface area contributed by atoms with Gasteiger partial charge in [0.25, 0.3) is 5.91 Å². The van der Waals surface area contributed by atoms with Crippen molar-refractivity contribution in [3.05, 3.63) is 96.0 Å². The SMILES string of the molecule is CN1CCN(C(=O)c2ccc(-c3ccn4c(-c5ccc(CNC(=O)Nc6cc(C(C)(C)C)on6)cc5)cnc4c3)cc2)CC1. The normalized spacial score (nSPS) is 14.1. The Hall–Kier alpha value is -4.96. The molecule has 10 heteroatoms. The second-order valence-corrected chi connectivity index (χ2v) is 12.3. The predicted molar refractivity (Wildman–Crippen MR) is 171 cm³/mol. The van der Waals surface area contributed by atoms with Crippen LogP contribution in [0.25, 0.3) is 28.0 Å². The Labute approximate surface area is 256 Å². The van der Waals surface area contributed by atoms with Crippen LogP contribution in [0.2, 0.25) is 0 Å². The van der Waals surface area contributed by atoms with Gasteiger partial charge in [0, 0.05) is 61.5 Å². The van der Waals surface area contributed by atoms with Crippen molar-refractivity contribution in [2.45, 2.75) is 32.7 Å². The molecule has 1 aliphatic heterocycles. The van der Waals surface area contributed by atoms with E-state index in [4.69, 9.17) is 4.52 Å². The van der Waals surface area contributed by atoms with Crippen LogP contribution in [-0.4, -0.2) is 69.5 Å². The molecule has 0 saturated carbocycles. The van der Waals surface area contributed by atoms with Gasteiger partial charge in [-0.15, -0.1) is 0 Å². The van der Waals surface area contributed by atoms with Crippen LogP contribution in [0.15, 0.2) is 83.6 Å². The molecule has 0 spiro atoms. The molecule has 0 aliphatic carbocycles. The van der Waals surface area contributed by atoms with Crippen molar-refractivity contribution in [2.75, 3.05) is 38.5 Å². The Kier molecular flexibility index (Phi) is 7.92. The van der Waals surface area contributed by atoms with Gasteiger partial charge in [-0.2, -0.15) is 0 Å². The van der Waals surface area contributed by atoms with Gasteiger partial charge in [0.2, 0.25) is 0 Å². The van der Waals surface area contributed by atoms with Gasteiger partial charge >= 0.3 is 6.03 Å². The van der Waals surface area contributed by atoms with Crippen molar-refractivity contribution in [2.24, 2.45) is 0 Å². The molecule has 0 unspecified atom stereocenters. The van der Waals surface area contributed by atoms with Crippen molar-refractivity contribution in [3.63, 3.8) is 0 Å². The van der Waals surface area contributed by atoms with Crippen molar-refractivity contribution in [3.8, 4) is 22.4 Å². The molecule has 44 heavy (non-hydrogen) atoms. The summed E-state index contributed by atoms with van der Waals surface area (Å²) in [6.45, 7) is 9.75. The third kappa shape index (κ3) is 6.35. The smallest absolute Gasteiger partial charge is 0.320 e. The lowest BCUT2D eigenvalue weighted by atomic mass is 9.93. The minimum absolute atomic E-state index is 0.0873. The first-order chi connectivity index (χ1) is 21.1. The Morgan fingerprint density at radius 1 is 0.886 bits per heavy atom. The zero-order valence-corrected chi connectivity index (χ0v) is 25.5. The number of piperazine rings is 1. The first kappa shape index (κ1) is 29.1. The summed E-state index contributed by atoms with van der Waals surface area (Å²) in [5.41, 5.74) is 6.38. The van der Waals surface area contributed by atoms with E-state index in [1.165, 1.54) is 0 Å². The fourth-order valence-corrected chi connectivity index (χ4v) is 5.19. The number of aromatic nitrogens is 3. The fraction of sp³-hybridized carbons (Fsp3) is 0.294. The molecule has 6 rings (SSSR count). The number of carbonyl (C=O) groups is 2. The number of rotatable bonds is 6. The summed E-state index contributed by atoms with van der Waals surface area (Å²) in [4.78, 5) is 34.1. The first-order valence-electron chi connectivity index (χ1n) is 14.8. The summed E-state index contributed by atoms with van der Waals surface area (Å²) >= 11 is 0. The molecule has 1 aliphatic rings. The molecule has 5 aromatic rings. The van der Waals surface area contributed by atoms with Crippen molar-refractivity contribution in [1.82, 2.24) is 29.7 Å². The second kappa shape index (κ2) is 12.0. The minimum atomic E-state index is -0.350. The molecular formula is C34H37N7O3. The lowest BCUT2D eigenvalue weighted by Crippen LogP contribution is -2.47. The highest BCUT2D eigenvalue weighted by atomic mass is 16.5. The van der Waals surface area contributed by atoms with Gasteiger partial charge in [-0.1, -0.05) is 62.3 Å². The number of anilines is 1. The number of urea groups is 1. The maximum absolute atomic E-state index is 12.9. The molecule has 2 N–H and O–H groups in total. The highest BCUT2D eigenvalue weighted by Crippen LogP contribution is 2.27. The molecule has 0 radical (unpaired) electrons. The minimum Gasteiger partial charge on any atom is -0.359 e. The third-order valence-electron chi connectivity index (χ3n) is 7.96. The highest BCUT2D eigenvalue weighted by Gasteiger charge is 2.21. The van der Waals surface area contributed by atoms with Gasteiger partial charge in [-0.25, -0.2) is 9.78 Å². The van der Waals surface area contributed by atoms with E-state index in [0.717, 1.165) is 59.8 Å². The van der Waals surface area contributed by atoms with E-state index in [1.54, 1.807) is 6.07 Å². The number of benzene rings is 2. The fourth-order valence-electron chi connectivity index (χ4n) is 5.19. The third-order valence-corrected chi connectivity index (χ3v) is 7.96.